The Balaban J connectivity index is 1.16. The van der Waals surface area contributed by atoms with E-state index < -0.39 is 23.1 Å². The average Bonchev–Trinajstić information content (AvgIpc) is 3.63. The molecule has 3 aromatic heterocycles. The molecule has 5 aromatic rings. The minimum Gasteiger partial charge on any atom is -0.453 e. The summed E-state index contributed by atoms with van der Waals surface area (Å²) >= 11 is 0. The van der Waals surface area contributed by atoms with Gasteiger partial charge in [-0.3, -0.25) is 19.5 Å². The van der Waals surface area contributed by atoms with Gasteiger partial charge < -0.3 is 19.8 Å². The number of aromatic nitrogens is 4. The van der Waals surface area contributed by atoms with Gasteiger partial charge in [-0.2, -0.15) is 0 Å². The third-order valence-electron chi connectivity index (χ3n) is 6.42. The lowest BCUT2D eigenvalue weighted by Crippen LogP contribution is -2.24. The lowest BCUT2D eigenvalue weighted by molar-refractivity contribution is -0.117. The molecule has 202 valence electrons. The maximum atomic E-state index is 14.9. The van der Waals surface area contributed by atoms with Gasteiger partial charge in [-0.1, -0.05) is 0 Å². The van der Waals surface area contributed by atoms with E-state index in [0.717, 1.165) is 23.6 Å². The molecule has 40 heavy (non-hydrogen) atoms. The summed E-state index contributed by atoms with van der Waals surface area (Å²) in [4.78, 5) is 42.1. The molecule has 2 amide bonds. The highest BCUT2D eigenvalue weighted by Gasteiger charge is 2.30. The van der Waals surface area contributed by atoms with Gasteiger partial charge in [-0.05, 0) is 68.3 Å². The maximum Gasteiger partial charge on any atom is 0.284 e. The second kappa shape index (κ2) is 9.80. The molecule has 0 bridgehead atoms. The number of aryl methyl sites for hydroxylation is 1. The van der Waals surface area contributed by atoms with Crippen LogP contribution in [0, 0.1) is 24.5 Å². The van der Waals surface area contributed by atoms with Crippen molar-refractivity contribution < 1.29 is 23.1 Å². The van der Waals surface area contributed by atoms with Crippen LogP contribution in [0.15, 0.2) is 71.8 Å². The first-order valence-electron chi connectivity index (χ1n) is 12.4. The molecule has 0 unspecified atom stereocenters. The number of nitrogens with zero attached hydrogens (tertiary/aromatic N) is 3. The number of pyridine rings is 1. The predicted octanol–water partition coefficient (Wildman–Crippen LogP) is 4.79. The van der Waals surface area contributed by atoms with Crippen LogP contribution >= 0.6 is 0 Å². The molecule has 0 atom stereocenters. The minimum atomic E-state index is -0.740. The van der Waals surface area contributed by atoms with Gasteiger partial charge in [0.1, 0.15) is 22.8 Å². The first-order chi connectivity index (χ1) is 19.2. The predicted molar refractivity (Wildman–Crippen MR) is 142 cm³/mol. The first kappa shape index (κ1) is 25.0. The number of amides is 2. The molecule has 1 aliphatic rings. The summed E-state index contributed by atoms with van der Waals surface area (Å²) < 4.78 is 36.6. The standard InChI is InChI=1S/C28H22F2N6O4/c1-15-25(28(39)36(34-15)19-7-4-17(29)5-8-19)27(38)31-18-6-10-22(21(30)12-18)40-20-9-11-24-32-23(14-35(24)13-20)33-26(37)16-2-3-16/h4-14,16,34H,2-3H2,1H3,(H,31,38)(H,33,37). The van der Waals surface area contributed by atoms with E-state index >= 15 is 0 Å². The van der Waals surface area contributed by atoms with Crippen LogP contribution in [-0.4, -0.2) is 31.0 Å². The van der Waals surface area contributed by atoms with Crippen molar-refractivity contribution in [1.29, 1.82) is 0 Å². The van der Waals surface area contributed by atoms with E-state index in [1.165, 1.54) is 36.4 Å². The van der Waals surface area contributed by atoms with Crippen molar-refractivity contribution in [3.63, 3.8) is 0 Å². The van der Waals surface area contributed by atoms with Crippen LogP contribution in [0.3, 0.4) is 0 Å². The normalized spacial score (nSPS) is 12.9. The van der Waals surface area contributed by atoms with Crippen molar-refractivity contribution in [3.05, 3.63) is 100 Å². The van der Waals surface area contributed by atoms with E-state index in [1.807, 2.05) is 0 Å². The number of benzene rings is 2. The molecule has 0 spiro atoms. The Morgan fingerprint density at radius 1 is 1.02 bits per heavy atom. The number of fused-ring (bicyclic) bond motifs is 1. The number of imidazole rings is 1. The molecule has 1 fully saturated rings. The van der Waals surface area contributed by atoms with Crippen LogP contribution in [0.2, 0.25) is 0 Å². The van der Waals surface area contributed by atoms with Gasteiger partial charge in [0.15, 0.2) is 17.4 Å². The van der Waals surface area contributed by atoms with Gasteiger partial charge in [-0.25, -0.2) is 18.4 Å². The Kier molecular flexibility index (Phi) is 6.14. The number of carbonyl (C=O) groups excluding carboxylic acids is 2. The van der Waals surface area contributed by atoms with Crippen molar-refractivity contribution in [2.45, 2.75) is 19.8 Å². The quantitative estimate of drug-likeness (QED) is 0.272. The number of H-pyrrole nitrogens is 1. The number of anilines is 2. The van der Waals surface area contributed by atoms with Crippen LogP contribution in [0.4, 0.5) is 20.3 Å². The topological polar surface area (TPSA) is 123 Å². The fourth-order valence-electron chi connectivity index (χ4n) is 4.23. The summed E-state index contributed by atoms with van der Waals surface area (Å²) in [6.45, 7) is 1.55. The molecular formula is C28H22F2N6O4. The van der Waals surface area contributed by atoms with Crippen molar-refractivity contribution in [2.24, 2.45) is 5.92 Å². The zero-order valence-electron chi connectivity index (χ0n) is 21.1. The van der Waals surface area contributed by atoms with Crippen LogP contribution in [0.1, 0.15) is 28.9 Å². The monoisotopic (exact) mass is 544 g/mol. The van der Waals surface area contributed by atoms with Gasteiger partial charge in [-0.15, -0.1) is 0 Å². The highest BCUT2D eigenvalue weighted by atomic mass is 19.1. The number of hydrogen-bond acceptors (Lipinski definition) is 5. The highest BCUT2D eigenvalue weighted by Crippen LogP contribution is 2.31. The molecule has 3 heterocycles. The van der Waals surface area contributed by atoms with E-state index in [1.54, 1.807) is 35.9 Å². The first-order valence-corrected chi connectivity index (χ1v) is 12.4. The highest BCUT2D eigenvalue weighted by molar-refractivity contribution is 6.04. The summed E-state index contributed by atoms with van der Waals surface area (Å²) in [7, 11) is 0. The van der Waals surface area contributed by atoms with E-state index in [4.69, 9.17) is 4.74 Å². The molecule has 1 aliphatic carbocycles. The molecule has 1 saturated carbocycles. The van der Waals surface area contributed by atoms with Gasteiger partial charge >= 0.3 is 0 Å². The zero-order chi connectivity index (χ0) is 28.0. The Labute approximate surface area is 225 Å². The van der Waals surface area contributed by atoms with E-state index in [-0.39, 0.29) is 34.5 Å². The number of halogens is 2. The lowest BCUT2D eigenvalue weighted by Gasteiger charge is -2.09. The van der Waals surface area contributed by atoms with Gasteiger partial charge in [0.25, 0.3) is 11.5 Å². The van der Waals surface area contributed by atoms with Crippen molar-refractivity contribution in [3.8, 4) is 17.2 Å². The maximum absolute atomic E-state index is 14.9. The summed E-state index contributed by atoms with van der Waals surface area (Å²) in [5, 5.41) is 8.10. The Morgan fingerprint density at radius 2 is 1.80 bits per heavy atom. The second-order valence-corrected chi connectivity index (χ2v) is 9.45. The number of ether oxygens (including phenoxy) is 1. The second-order valence-electron chi connectivity index (χ2n) is 9.45. The van der Waals surface area contributed by atoms with Crippen molar-refractivity contribution in [1.82, 2.24) is 19.2 Å². The van der Waals surface area contributed by atoms with Crippen LogP contribution in [-0.2, 0) is 4.79 Å². The van der Waals surface area contributed by atoms with Crippen LogP contribution < -0.4 is 20.9 Å². The molecule has 10 nitrogen and oxygen atoms in total. The molecule has 0 aliphatic heterocycles. The van der Waals surface area contributed by atoms with Crippen LogP contribution in [0.25, 0.3) is 11.3 Å². The van der Waals surface area contributed by atoms with Gasteiger partial charge in [0, 0.05) is 23.4 Å². The Hall–Kier alpha value is -5.26. The Morgan fingerprint density at radius 3 is 2.52 bits per heavy atom. The SMILES string of the molecule is Cc1[nH]n(-c2ccc(F)cc2)c(=O)c1C(=O)Nc1ccc(Oc2ccc3nc(NC(=O)C4CC4)cn3c2)c(F)c1. The molecule has 12 heteroatoms. The largest absolute Gasteiger partial charge is 0.453 e. The molecular weight excluding hydrogens is 522 g/mol. The Bertz CT molecular complexity index is 1840. The average molecular weight is 545 g/mol. The number of rotatable bonds is 7. The molecule has 3 N–H and O–H groups in total. The molecule has 0 saturated heterocycles. The molecule has 2 aromatic carbocycles. The van der Waals surface area contributed by atoms with E-state index in [2.05, 4.69) is 20.7 Å². The third kappa shape index (κ3) is 4.94. The zero-order valence-corrected chi connectivity index (χ0v) is 21.1. The smallest absolute Gasteiger partial charge is 0.284 e. The van der Waals surface area contributed by atoms with Crippen LogP contribution in [0.5, 0.6) is 11.5 Å². The summed E-state index contributed by atoms with van der Waals surface area (Å²) in [5.41, 5.74) is 0.546. The number of nitrogens with one attached hydrogen (secondary N) is 3. The van der Waals surface area contributed by atoms with Gasteiger partial charge in [0.2, 0.25) is 5.91 Å². The molecule has 6 rings (SSSR count). The fraction of sp³-hybridized carbons (Fsp3) is 0.143. The van der Waals surface area contributed by atoms with Gasteiger partial charge in [0.05, 0.1) is 18.1 Å². The summed E-state index contributed by atoms with van der Waals surface area (Å²) in [6, 6.07) is 12.4. The molecule has 0 radical (unpaired) electrons. The third-order valence-corrected chi connectivity index (χ3v) is 6.42. The lowest BCUT2D eigenvalue weighted by atomic mass is 10.2. The van der Waals surface area contributed by atoms with Crippen molar-refractivity contribution in [2.75, 3.05) is 10.6 Å². The number of hydrogen-bond donors (Lipinski definition) is 3. The summed E-state index contributed by atoms with van der Waals surface area (Å²) in [6.07, 6.45) is 5.01. The number of aromatic amines is 1. The summed E-state index contributed by atoms with van der Waals surface area (Å²) in [5.74, 6) is -1.29. The van der Waals surface area contributed by atoms with Crippen molar-refractivity contribution >= 4 is 29.0 Å². The number of carbonyl (C=O) groups is 2. The minimum absolute atomic E-state index is 0.0478. The fourth-order valence-corrected chi connectivity index (χ4v) is 4.23. The van der Waals surface area contributed by atoms with E-state index in [9.17, 15) is 23.2 Å². The van der Waals surface area contributed by atoms with E-state index in [0.29, 0.717) is 22.9 Å².